The Morgan fingerprint density at radius 2 is 1.88 bits per heavy atom. The van der Waals surface area contributed by atoms with Gasteiger partial charge >= 0.3 is 0 Å². The number of nitrogens with zero attached hydrogens (tertiary/aromatic N) is 5. The number of pyridine rings is 1. The van der Waals surface area contributed by atoms with Crippen molar-refractivity contribution in [2.75, 3.05) is 11.1 Å². The molecular formula is C19H19N7. The summed E-state index contributed by atoms with van der Waals surface area (Å²) in [6, 6.07) is 12.3. The van der Waals surface area contributed by atoms with Crippen LogP contribution in [0.4, 0.5) is 11.9 Å². The van der Waals surface area contributed by atoms with E-state index in [1.54, 1.807) is 16.9 Å². The van der Waals surface area contributed by atoms with Crippen LogP contribution in [0, 0.1) is 0 Å². The summed E-state index contributed by atoms with van der Waals surface area (Å²) in [5.74, 6) is 0.825. The molecule has 0 radical (unpaired) electrons. The Bertz CT molecular complexity index is 1020. The maximum atomic E-state index is 5.85. The predicted molar refractivity (Wildman–Crippen MR) is 102 cm³/mol. The van der Waals surface area contributed by atoms with Gasteiger partial charge in [-0.15, -0.1) is 0 Å². The number of nitrogens with two attached hydrogens (primary N) is 1. The molecule has 0 aliphatic carbocycles. The topological polar surface area (TPSA) is 94.0 Å². The Morgan fingerprint density at radius 1 is 1.04 bits per heavy atom. The second-order valence-electron chi connectivity index (χ2n) is 5.96. The number of aromatic nitrogens is 5. The average molecular weight is 345 g/mol. The molecule has 26 heavy (non-hydrogen) atoms. The molecule has 0 saturated heterocycles. The van der Waals surface area contributed by atoms with Crippen LogP contribution in [0.15, 0.2) is 55.0 Å². The van der Waals surface area contributed by atoms with E-state index in [0.717, 1.165) is 34.3 Å². The molecule has 0 bridgehead atoms. The van der Waals surface area contributed by atoms with Crippen molar-refractivity contribution < 1.29 is 0 Å². The summed E-state index contributed by atoms with van der Waals surface area (Å²) in [6.07, 6.45) is 6.28. The van der Waals surface area contributed by atoms with Gasteiger partial charge in [0.05, 0.1) is 6.20 Å². The van der Waals surface area contributed by atoms with E-state index in [-0.39, 0.29) is 5.95 Å². The van der Waals surface area contributed by atoms with Crippen molar-refractivity contribution in [2.24, 2.45) is 0 Å². The zero-order chi connectivity index (χ0) is 17.9. The van der Waals surface area contributed by atoms with Gasteiger partial charge in [-0.2, -0.15) is 19.6 Å². The molecular weight excluding hydrogens is 326 g/mol. The smallest absolute Gasteiger partial charge is 0.229 e. The predicted octanol–water partition coefficient (Wildman–Crippen LogP) is 2.94. The van der Waals surface area contributed by atoms with Crippen molar-refractivity contribution in [3.63, 3.8) is 0 Å². The summed E-state index contributed by atoms with van der Waals surface area (Å²) in [5, 5.41) is 7.66. The summed E-state index contributed by atoms with van der Waals surface area (Å²) in [6.45, 7) is 2.67. The normalized spacial score (nSPS) is 11.0. The van der Waals surface area contributed by atoms with E-state index < -0.39 is 0 Å². The largest absolute Gasteiger partial charge is 0.368 e. The van der Waals surface area contributed by atoms with E-state index >= 15 is 0 Å². The van der Waals surface area contributed by atoms with Crippen LogP contribution in [0.3, 0.4) is 0 Å². The van der Waals surface area contributed by atoms with Crippen LogP contribution < -0.4 is 11.1 Å². The molecule has 3 N–H and O–H groups in total. The summed E-state index contributed by atoms with van der Waals surface area (Å²) in [5.41, 5.74) is 11.0. The molecule has 1 aromatic carbocycles. The average Bonchev–Trinajstić information content (AvgIpc) is 3.10. The maximum Gasteiger partial charge on any atom is 0.229 e. The molecule has 0 unspecified atom stereocenters. The van der Waals surface area contributed by atoms with Crippen molar-refractivity contribution in [1.82, 2.24) is 24.6 Å². The lowest BCUT2D eigenvalue weighted by atomic mass is 10.1. The third kappa shape index (κ3) is 3.06. The molecule has 0 aliphatic heterocycles. The lowest BCUT2D eigenvalue weighted by Crippen LogP contribution is -2.10. The number of hydrogen-bond donors (Lipinski definition) is 2. The van der Waals surface area contributed by atoms with Gasteiger partial charge in [-0.05, 0) is 29.2 Å². The van der Waals surface area contributed by atoms with Crippen molar-refractivity contribution in [3.05, 3.63) is 66.1 Å². The quantitative estimate of drug-likeness (QED) is 0.577. The summed E-state index contributed by atoms with van der Waals surface area (Å²) >= 11 is 0. The van der Waals surface area contributed by atoms with Gasteiger partial charge in [-0.3, -0.25) is 4.98 Å². The number of anilines is 2. The van der Waals surface area contributed by atoms with Crippen LogP contribution in [0.1, 0.15) is 18.1 Å². The first-order valence-corrected chi connectivity index (χ1v) is 8.48. The van der Waals surface area contributed by atoms with Gasteiger partial charge in [-0.25, -0.2) is 0 Å². The fraction of sp³-hybridized carbons (Fsp3) is 0.158. The Labute approximate surface area is 150 Å². The third-order valence-corrected chi connectivity index (χ3v) is 4.24. The second kappa shape index (κ2) is 6.79. The SMILES string of the molecule is CCc1cnn2c(NCc3ccc(-c4cccnc4)cc3)nc(N)nc12. The minimum absolute atomic E-state index is 0.238. The van der Waals surface area contributed by atoms with E-state index in [2.05, 4.69) is 56.6 Å². The monoisotopic (exact) mass is 345 g/mol. The number of hydrogen-bond acceptors (Lipinski definition) is 6. The number of aryl methyl sites for hydroxylation is 1. The van der Waals surface area contributed by atoms with Gasteiger partial charge in [0.1, 0.15) is 0 Å². The summed E-state index contributed by atoms with van der Waals surface area (Å²) in [7, 11) is 0. The zero-order valence-corrected chi connectivity index (χ0v) is 14.4. The lowest BCUT2D eigenvalue weighted by molar-refractivity contribution is 0.886. The summed E-state index contributed by atoms with van der Waals surface area (Å²) < 4.78 is 1.69. The van der Waals surface area contributed by atoms with Crippen LogP contribution >= 0.6 is 0 Å². The lowest BCUT2D eigenvalue weighted by Gasteiger charge is -2.09. The van der Waals surface area contributed by atoms with Gasteiger partial charge in [-0.1, -0.05) is 37.3 Å². The van der Waals surface area contributed by atoms with E-state index in [1.807, 2.05) is 18.3 Å². The van der Waals surface area contributed by atoms with Crippen molar-refractivity contribution >= 4 is 17.5 Å². The Balaban J connectivity index is 1.54. The molecule has 3 aromatic heterocycles. The highest BCUT2D eigenvalue weighted by Crippen LogP contribution is 2.19. The van der Waals surface area contributed by atoms with E-state index in [0.29, 0.717) is 12.5 Å². The van der Waals surface area contributed by atoms with Crippen LogP contribution in [-0.4, -0.2) is 24.6 Å². The van der Waals surface area contributed by atoms with Crippen LogP contribution in [0.2, 0.25) is 0 Å². The van der Waals surface area contributed by atoms with E-state index in [9.17, 15) is 0 Å². The third-order valence-electron chi connectivity index (χ3n) is 4.24. The van der Waals surface area contributed by atoms with Crippen LogP contribution in [-0.2, 0) is 13.0 Å². The van der Waals surface area contributed by atoms with Gasteiger partial charge in [0.15, 0.2) is 5.65 Å². The number of benzene rings is 1. The standard InChI is InChI=1S/C19H19N7/c1-2-14-12-23-26-17(14)24-18(20)25-19(26)22-10-13-5-7-15(8-6-13)16-4-3-9-21-11-16/h3-9,11-12H,2,10H2,1H3,(H3,20,22,24,25). The van der Waals surface area contributed by atoms with Gasteiger partial charge < -0.3 is 11.1 Å². The van der Waals surface area contributed by atoms with E-state index in [1.165, 1.54) is 0 Å². The first-order chi connectivity index (χ1) is 12.7. The highest BCUT2D eigenvalue weighted by atomic mass is 15.4. The Kier molecular flexibility index (Phi) is 4.18. The molecule has 0 spiro atoms. The minimum atomic E-state index is 0.238. The molecule has 7 heteroatoms. The minimum Gasteiger partial charge on any atom is -0.368 e. The first kappa shape index (κ1) is 16.0. The molecule has 0 fully saturated rings. The number of nitrogens with one attached hydrogen (secondary N) is 1. The first-order valence-electron chi connectivity index (χ1n) is 8.48. The molecule has 7 nitrogen and oxygen atoms in total. The van der Waals surface area contributed by atoms with Gasteiger partial charge in [0.2, 0.25) is 11.9 Å². The fourth-order valence-corrected chi connectivity index (χ4v) is 2.83. The molecule has 3 heterocycles. The Morgan fingerprint density at radius 3 is 2.62 bits per heavy atom. The van der Waals surface area contributed by atoms with Crippen molar-refractivity contribution in [2.45, 2.75) is 19.9 Å². The fourth-order valence-electron chi connectivity index (χ4n) is 2.83. The van der Waals surface area contributed by atoms with Gasteiger partial charge in [0.25, 0.3) is 0 Å². The van der Waals surface area contributed by atoms with Gasteiger partial charge in [0, 0.05) is 24.5 Å². The van der Waals surface area contributed by atoms with Crippen LogP contribution in [0.25, 0.3) is 16.8 Å². The van der Waals surface area contributed by atoms with Crippen molar-refractivity contribution in [1.29, 1.82) is 0 Å². The highest BCUT2D eigenvalue weighted by Gasteiger charge is 2.10. The second-order valence-corrected chi connectivity index (χ2v) is 5.96. The highest BCUT2D eigenvalue weighted by molar-refractivity contribution is 5.62. The molecule has 0 atom stereocenters. The number of nitrogen functional groups attached to an aromatic ring is 1. The molecule has 4 aromatic rings. The zero-order valence-electron chi connectivity index (χ0n) is 14.4. The van der Waals surface area contributed by atoms with Crippen molar-refractivity contribution in [3.8, 4) is 11.1 Å². The number of fused-ring (bicyclic) bond motifs is 1. The molecule has 130 valence electrons. The Hall–Kier alpha value is -3.48. The molecule has 4 rings (SSSR count). The number of rotatable bonds is 5. The maximum absolute atomic E-state index is 5.85. The molecule has 0 saturated carbocycles. The van der Waals surface area contributed by atoms with E-state index in [4.69, 9.17) is 5.73 Å². The molecule has 0 aliphatic rings. The summed E-state index contributed by atoms with van der Waals surface area (Å²) in [4.78, 5) is 12.7. The molecule has 0 amide bonds. The van der Waals surface area contributed by atoms with Crippen LogP contribution in [0.5, 0.6) is 0 Å².